The van der Waals surface area contributed by atoms with Gasteiger partial charge in [0.05, 0.1) is 12.7 Å². The van der Waals surface area contributed by atoms with Gasteiger partial charge < -0.3 is 9.84 Å². The third-order valence-corrected chi connectivity index (χ3v) is 2.65. The van der Waals surface area contributed by atoms with Crippen molar-refractivity contribution < 1.29 is 19.4 Å². The van der Waals surface area contributed by atoms with Gasteiger partial charge in [-0.15, -0.1) is 0 Å². The fourth-order valence-electron chi connectivity index (χ4n) is 1.74. The molecule has 0 atom stereocenters. The molecule has 6 heteroatoms. The van der Waals surface area contributed by atoms with E-state index in [9.17, 15) is 9.59 Å². The van der Waals surface area contributed by atoms with Crippen LogP contribution in [0.15, 0.2) is 24.4 Å². The van der Waals surface area contributed by atoms with Crippen molar-refractivity contribution in [2.24, 2.45) is 0 Å². The van der Waals surface area contributed by atoms with Crippen molar-refractivity contribution in [1.82, 2.24) is 9.78 Å². The Morgan fingerprint density at radius 1 is 1.47 bits per heavy atom. The van der Waals surface area contributed by atoms with E-state index in [1.54, 1.807) is 12.1 Å². The zero-order valence-electron chi connectivity index (χ0n) is 10.5. The zero-order chi connectivity index (χ0) is 14.0. The quantitative estimate of drug-likeness (QED) is 0.846. The number of carbonyl (C=O) groups is 2. The first kappa shape index (κ1) is 12.8. The van der Waals surface area contributed by atoms with Gasteiger partial charge in [0.2, 0.25) is 0 Å². The summed E-state index contributed by atoms with van der Waals surface area (Å²) in [7, 11) is 1.51. The van der Waals surface area contributed by atoms with E-state index in [1.165, 1.54) is 18.0 Å². The van der Waals surface area contributed by atoms with Gasteiger partial charge in [-0.1, -0.05) is 6.07 Å². The number of methoxy groups -OCH3 is 1. The van der Waals surface area contributed by atoms with Crippen LogP contribution in [0.4, 0.5) is 0 Å². The third kappa shape index (κ3) is 2.33. The largest absolute Gasteiger partial charge is 0.494 e. The predicted octanol–water partition coefficient (Wildman–Crippen LogP) is 1.70. The highest BCUT2D eigenvalue weighted by atomic mass is 16.5. The topological polar surface area (TPSA) is 81.4 Å². The Morgan fingerprint density at radius 2 is 2.21 bits per heavy atom. The maximum absolute atomic E-state index is 11.0. The highest BCUT2D eigenvalue weighted by Crippen LogP contribution is 2.24. The molecular formula is C13H12N2O4. The minimum Gasteiger partial charge on any atom is -0.494 e. The molecule has 2 aromatic rings. The molecule has 98 valence electrons. The van der Waals surface area contributed by atoms with E-state index >= 15 is 0 Å². The molecule has 0 saturated carbocycles. The predicted molar refractivity (Wildman–Crippen MR) is 67.2 cm³/mol. The molecule has 6 nitrogen and oxygen atoms in total. The van der Waals surface area contributed by atoms with Gasteiger partial charge in [0.1, 0.15) is 11.4 Å². The number of aromatic nitrogens is 2. The molecule has 0 aliphatic heterocycles. The van der Waals surface area contributed by atoms with Crippen LogP contribution in [-0.4, -0.2) is 34.3 Å². The number of hydrogen-bond acceptors (Lipinski definition) is 4. The van der Waals surface area contributed by atoms with Crippen molar-refractivity contribution in [2.45, 2.75) is 6.92 Å². The number of carboxylic acids is 1. The van der Waals surface area contributed by atoms with E-state index in [2.05, 4.69) is 5.10 Å². The van der Waals surface area contributed by atoms with Crippen LogP contribution in [0.3, 0.4) is 0 Å². The van der Waals surface area contributed by atoms with Gasteiger partial charge in [-0.25, -0.2) is 9.48 Å². The molecule has 1 heterocycles. The summed E-state index contributed by atoms with van der Waals surface area (Å²) < 4.78 is 6.53. The van der Waals surface area contributed by atoms with E-state index < -0.39 is 5.97 Å². The van der Waals surface area contributed by atoms with Crippen molar-refractivity contribution >= 4 is 12.3 Å². The Balaban J connectivity index is 2.62. The second-order valence-electron chi connectivity index (χ2n) is 3.98. The molecule has 0 aliphatic carbocycles. The molecular weight excluding hydrogens is 248 g/mol. The van der Waals surface area contributed by atoms with Crippen molar-refractivity contribution in [3.05, 3.63) is 41.2 Å². The normalized spacial score (nSPS) is 10.2. The Morgan fingerprint density at radius 3 is 2.74 bits per heavy atom. The lowest BCUT2D eigenvalue weighted by Crippen LogP contribution is -2.03. The lowest BCUT2D eigenvalue weighted by molar-refractivity contribution is 0.0687. The van der Waals surface area contributed by atoms with Gasteiger partial charge in [0.15, 0.2) is 12.0 Å². The summed E-state index contributed by atoms with van der Waals surface area (Å²) in [6.45, 7) is 1.89. The minimum absolute atomic E-state index is 0.0241. The summed E-state index contributed by atoms with van der Waals surface area (Å²) in [5.41, 5.74) is 1.29. The number of carbonyl (C=O) groups excluding carboxylic acids is 1. The number of aromatic carboxylic acids is 1. The minimum atomic E-state index is -1.24. The molecule has 1 N–H and O–H groups in total. The first-order valence-corrected chi connectivity index (χ1v) is 5.50. The second-order valence-corrected chi connectivity index (χ2v) is 3.98. The van der Waals surface area contributed by atoms with Crippen LogP contribution >= 0.6 is 0 Å². The highest BCUT2D eigenvalue weighted by molar-refractivity contribution is 5.95. The van der Waals surface area contributed by atoms with Crippen molar-refractivity contribution in [1.29, 1.82) is 0 Å². The standard InChI is InChI=1S/C13H12N2O4/c1-8-3-4-11(19-2)10(5-8)15-6-9(7-16)12(14-15)13(17)18/h3-7H,1-2H3,(H,17,18). The van der Waals surface area contributed by atoms with Crippen LogP contribution < -0.4 is 4.74 Å². The summed E-state index contributed by atoms with van der Waals surface area (Å²) in [6.07, 6.45) is 1.84. The Labute approximate surface area is 109 Å². The van der Waals surface area contributed by atoms with Gasteiger partial charge in [-0.2, -0.15) is 5.10 Å². The number of hydrogen-bond donors (Lipinski definition) is 1. The summed E-state index contributed by atoms with van der Waals surface area (Å²) in [4.78, 5) is 21.8. The molecule has 1 aromatic heterocycles. The van der Waals surface area contributed by atoms with Crippen LogP contribution in [0, 0.1) is 6.92 Å². The molecule has 0 unspecified atom stereocenters. The van der Waals surface area contributed by atoms with E-state index in [0.717, 1.165) is 5.56 Å². The van der Waals surface area contributed by atoms with E-state index in [-0.39, 0.29) is 11.3 Å². The van der Waals surface area contributed by atoms with Gasteiger partial charge in [-0.3, -0.25) is 4.79 Å². The van der Waals surface area contributed by atoms with Crippen LogP contribution in [0.25, 0.3) is 5.69 Å². The van der Waals surface area contributed by atoms with Gasteiger partial charge in [-0.05, 0) is 24.6 Å². The number of nitrogens with zero attached hydrogens (tertiary/aromatic N) is 2. The number of rotatable bonds is 4. The maximum Gasteiger partial charge on any atom is 0.357 e. The number of ether oxygens (including phenoxy) is 1. The second kappa shape index (κ2) is 4.93. The molecule has 0 bridgehead atoms. The Bertz CT molecular complexity index is 646. The van der Waals surface area contributed by atoms with Gasteiger partial charge in [0.25, 0.3) is 0 Å². The lowest BCUT2D eigenvalue weighted by Gasteiger charge is -2.08. The van der Waals surface area contributed by atoms with E-state index in [1.807, 2.05) is 13.0 Å². The highest BCUT2D eigenvalue weighted by Gasteiger charge is 2.17. The molecule has 2 rings (SSSR count). The van der Waals surface area contributed by atoms with Gasteiger partial charge >= 0.3 is 5.97 Å². The fraction of sp³-hybridized carbons (Fsp3) is 0.154. The third-order valence-electron chi connectivity index (χ3n) is 2.65. The summed E-state index contributed by atoms with van der Waals surface area (Å²) in [6, 6.07) is 5.42. The summed E-state index contributed by atoms with van der Waals surface area (Å²) in [5.74, 6) is -0.699. The average molecular weight is 260 g/mol. The SMILES string of the molecule is COc1ccc(C)cc1-n1cc(C=O)c(C(=O)O)n1. The molecule has 0 aliphatic rings. The smallest absolute Gasteiger partial charge is 0.357 e. The first-order chi connectivity index (χ1) is 9.06. The fourth-order valence-corrected chi connectivity index (χ4v) is 1.74. The number of aryl methyl sites for hydroxylation is 1. The van der Waals surface area contributed by atoms with Crippen LogP contribution in [0.1, 0.15) is 26.4 Å². The average Bonchev–Trinajstić information content (AvgIpc) is 2.82. The number of aldehydes is 1. The number of benzene rings is 1. The van der Waals surface area contributed by atoms with Crippen LogP contribution in [0.2, 0.25) is 0 Å². The molecule has 1 aromatic carbocycles. The molecule has 0 fully saturated rings. The first-order valence-electron chi connectivity index (χ1n) is 5.50. The Hall–Kier alpha value is -2.63. The zero-order valence-corrected chi connectivity index (χ0v) is 10.5. The van der Waals surface area contributed by atoms with Crippen LogP contribution in [0.5, 0.6) is 5.75 Å². The molecule has 19 heavy (non-hydrogen) atoms. The van der Waals surface area contributed by atoms with E-state index in [0.29, 0.717) is 17.7 Å². The summed E-state index contributed by atoms with van der Waals surface area (Å²) >= 11 is 0. The molecule has 0 radical (unpaired) electrons. The monoisotopic (exact) mass is 260 g/mol. The lowest BCUT2D eigenvalue weighted by atomic mass is 10.2. The summed E-state index contributed by atoms with van der Waals surface area (Å²) in [5, 5.41) is 12.9. The van der Waals surface area contributed by atoms with Crippen molar-refractivity contribution in [3.63, 3.8) is 0 Å². The van der Waals surface area contributed by atoms with Crippen molar-refractivity contribution in [2.75, 3.05) is 7.11 Å². The van der Waals surface area contributed by atoms with Crippen molar-refractivity contribution in [3.8, 4) is 11.4 Å². The maximum atomic E-state index is 11.0. The number of carboxylic acid groups (broad SMARTS) is 1. The van der Waals surface area contributed by atoms with E-state index in [4.69, 9.17) is 9.84 Å². The molecule has 0 saturated heterocycles. The van der Waals surface area contributed by atoms with Crippen LogP contribution in [-0.2, 0) is 0 Å². The molecule has 0 spiro atoms. The molecule has 0 amide bonds. The van der Waals surface area contributed by atoms with Gasteiger partial charge in [0, 0.05) is 6.20 Å². The Kier molecular flexibility index (Phi) is 3.33.